The van der Waals surface area contributed by atoms with Gasteiger partial charge in [0.2, 0.25) is 10.0 Å². The maximum Gasteiger partial charge on any atom is 0.240 e. The Bertz CT molecular complexity index is 1500. The molecule has 204 valence electrons. The Hall–Kier alpha value is -2.76. The van der Waals surface area contributed by atoms with Gasteiger partial charge in [0.1, 0.15) is 5.15 Å². The fourth-order valence-corrected chi connectivity index (χ4v) is 5.73. The number of aliphatic hydroxyl groups excluding tert-OH is 1. The van der Waals surface area contributed by atoms with E-state index in [4.69, 9.17) is 32.7 Å². The number of aromatic nitrogens is 2. The van der Waals surface area contributed by atoms with Gasteiger partial charge in [-0.05, 0) is 28.8 Å². The van der Waals surface area contributed by atoms with Crippen LogP contribution in [0, 0.1) is 0 Å². The number of nitrogens with zero attached hydrogens (tertiary/aromatic N) is 2. The molecule has 1 saturated heterocycles. The fourth-order valence-electron chi connectivity index (χ4n) is 4.38. The second kappa shape index (κ2) is 12.2. The minimum atomic E-state index is -3.61. The molecule has 5 rings (SSSR count). The van der Waals surface area contributed by atoms with Gasteiger partial charge >= 0.3 is 0 Å². The Balaban J connectivity index is 1.32. The summed E-state index contributed by atoms with van der Waals surface area (Å²) >= 11 is 12.3. The number of halogens is 2. The molecule has 0 bridgehead atoms. The number of rotatable bonds is 9. The van der Waals surface area contributed by atoms with Crippen LogP contribution in [0.5, 0.6) is 0 Å². The molecule has 0 saturated carbocycles. The molecule has 8 nitrogen and oxygen atoms in total. The molecule has 0 radical (unpaired) electrons. The molecule has 0 amide bonds. The van der Waals surface area contributed by atoms with Crippen LogP contribution >= 0.6 is 23.2 Å². The van der Waals surface area contributed by atoms with Crippen molar-refractivity contribution < 1.29 is 23.0 Å². The lowest BCUT2D eigenvalue weighted by Gasteiger charge is -2.36. The van der Waals surface area contributed by atoms with Crippen LogP contribution in [0.15, 0.2) is 90.1 Å². The smallest absolute Gasteiger partial charge is 0.240 e. The molecule has 1 aromatic heterocycles. The quantitative estimate of drug-likeness (QED) is 0.271. The number of imidazole rings is 1. The minimum Gasteiger partial charge on any atom is -0.392 e. The largest absolute Gasteiger partial charge is 0.392 e. The summed E-state index contributed by atoms with van der Waals surface area (Å²) in [5.74, 6) is 0. The van der Waals surface area contributed by atoms with Crippen molar-refractivity contribution in [3.8, 4) is 0 Å². The van der Waals surface area contributed by atoms with Gasteiger partial charge in [0.15, 0.2) is 11.4 Å². The third-order valence-electron chi connectivity index (χ3n) is 6.52. The molecule has 1 aliphatic heterocycles. The summed E-state index contributed by atoms with van der Waals surface area (Å²) in [7, 11) is -3.61. The van der Waals surface area contributed by atoms with Crippen molar-refractivity contribution in [3.63, 3.8) is 0 Å². The van der Waals surface area contributed by atoms with E-state index in [9.17, 15) is 13.5 Å². The standard InChI is InChI=1S/C28H27Cl2N3O5S/c29-26-27(30)33(18-31-26)16-23-14-25(21-10-8-20(17-34)9-11-21)38-28(37-23)22-12-6-19(7-13-22)15-32-39(35,36)24-4-2-1-3-5-24/h1-13,18,23,25,28,32,34H,14-17H2/t23-,25+,28+/m0/s1. The van der Waals surface area contributed by atoms with Crippen molar-refractivity contribution in [2.75, 3.05) is 0 Å². The lowest BCUT2D eigenvalue weighted by atomic mass is 10.00. The highest BCUT2D eigenvalue weighted by atomic mass is 35.5. The topological polar surface area (TPSA) is 103 Å². The molecule has 0 aliphatic carbocycles. The zero-order chi connectivity index (χ0) is 27.4. The van der Waals surface area contributed by atoms with Crippen LogP contribution in [0.4, 0.5) is 0 Å². The molecule has 3 aromatic carbocycles. The second-order valence-electron chi connectivity index (χ2n) is 9.21. The zero-order valence-electron chi connectivity index (χ0n) is 20.8. The normalized spacial score (nSPS) is 19.7. The Morgan fingerprint density at radius 3 is 2.23 bits per heavy atom. The molecule has 1 aliphatic rings. The van der Waals surface area contributed by atoms with Crippen LogP contribution in [0.2, 0.25) is 10.3 Å². The monoisotopic (exact) mass is 587 g/mol. The predicted octanol–water partition coefficient (Wildman–Crippen LogP) is 5.41. The Morgan fingerprint density at radius 2 is 1.59 bits per heavy atom. The van der Waals surface area contributed by atoms with E-state index >= 15 is 0 Å². The molecule has 2 N–H and O–H groups in total. The van der Waals surface area contributed by atoms with Crippen molar-refractivity contribution >= 4 is 33.2 Å². The molecule has 0 unspecified atom stereocenters. The van der Waals surface area contributed by atoms with E-state index in [-0.39, 0.29) is 35.4 Å². The number of hydrogen-bond donors (Lipinski definition) is 2. The molecule has 0 spiro atoms. The first-order valence-electron chi connectivity index (χ1n) is 12.3. The predicted molar refractivity (Wildman–Crippen MR) is 148 cm³/mol. The third kappa shape index (κ3) is 6.70. The number of nitrogens with one attached hydrogen (secondary N) is 1. The lowest BCUT2D eigenvalue weighted by molar-refractivity contribution is -0.252. The zero-order valence-corrected chi connectivity index (χ0v) is 23.1. The average molecular weight is 589 g/mol. The molecule has 4 aromatic rings. The first-order chi connectivity index (χ1) is 18.8. The van der Waals surface area contributed by atoms with Crippen LogP contribution in [0.3, 0.4) is 0 Å². The number of sulfonamides is 1. The first kappa shape index (κ1) is 27.8. The van der Waals surface area contributed by atoms with Crippen LogP contribution in [-0.4, -0.2) is 29.2 Å². The summed E-state index contributed by atoms with van der Waals surface area (Å²) in [5.41, 5.74) is 3.37. The van der Waals surface area contributed by atoms with Crippen LogP contribution in [0.25, 0.3) is 0 Å². The molecule has 3 atom stereocenters. The van der Waals surface area contributed by atoms with Gasteiger partial charge in [0.05, 0.1) is 36.6 Å². The van der Waals surface area contributed by atoms with E-state index in [1.54, 1.807) is 41.2 Å². The van der Waals surface area contributed by atoms with Crippen molar-refractivity contribution in [2.45, 2.75) is 49.5 Å². The van der Waals surface area contributed by atoms with E-state index in [0.717, 1.165) is 22.3 Å². The van der Waals surface area contributed by atoms with Crippen LogP contribution in [0.1, 0.15) is 41.1 Å². The fraction of sp³-hybridized carbons (Fsp3) is 0.250. The van der Waals surface area contributed by atoms with E-state index in [1.165, 1.54) is 0 Å². The lowest BCUT2D eigenvalue weighted by Crippen LogP contribution is -2.32. The number of benzene rings is 3. The molecule has 1 fully saturated rings. The highest BCUT2D eigenvalue weighted by molar-refractivity contribution is 7.89. The maximum absolute atomic E-state index is 12.6. The van der Waals surface area contributed by atoms with Gasteiger partial charge in [-0.3, -0.25) is 0 Å². The number of hydrogen-bond acceptors (Lipinski definition) is 6. The summed E-state index contributed by atoms with van der Waals surface area (Å²) < 4.78 is 42.2. The summed E-state index contributed by atoms with van der Waals surface area (Å²) in [5, 5.41) is 9.98. The van der Waals surface area contributed by atoms with E-state index in [2.05, 4.69) is 9.71 Å². The van der Waals surface area contributed by atoms with Gasteiger partial charge in [-0.25, -0.2) is 18.1 Å². The van der Waals surface area contributed by atoms with Gasteiger partial charge in [0, 0.05) is 18.5 Å². The van der Waals surface area contributed by atoms with Gasteiger partial charge in [-0.1, -0.05) is 89.9 Å². The SMILES string of the molecule is O=S(=O)(NCc1ccc([C@@H]2O[C@H](Cn3cnc(Cl)c3Cl)C[C@H](c3ccc(CO)cc3)O2)cc1)c1ccccc1. The summed E-state index contributed by atoms with van der Waals surface area (Å²) in [6.45, 7) is 0.545. The highest BCUT2D eigenvalue weighted by Gasteiger charge is 2.33. The average Bonchev–Trinajstić information content (AvgIpc) is 3.29. The summed E-state index contributed by atoms with van der Waals surface area (Å²) in [6.07, 6.45) is 0.956. The van der Waals surface area contributed by atoms with Gasteiger partial charge in [-0.15, -0.1) is 0 Å². The molecule has 11 heteroatoms. The summed E-state index contributed by atoms with van der Waals surface area (Å²) in [6, 6.07) is 23.3. The van der Waals surface area contributed by atoms with Crippen molar-refractivity contribution in [3.05, 3.63) is 118 Å². The molecular formula is C28H27Cl2N3O5S. The molecular weight excluding hydrogens is 561 g/mol. The Labute approximate surface area is 237 Å². The molecule has 2 heterocycles. The Kier molecular flexibility index (Phi) is 8.68. The van der Waals surface area contributed by atoms with Gasteiger partial charge in [0.25, 0.3) is 0 Å². The van der Waals surface area contributed by atoms with Crippen LogP contribution < -0.4 is 4.72 Å². The second-order valence-corrected chi connectivity index (χ2v) is 11.7. The number of aliphatic hydroxyl groups is 1. The third-order valence-corrected chi connectivity index (χ3v) is 8.71. The van der Waals surface area contributed by atoms with E-state index in [1.807, 2.05) is 48.5 Å². The minimum absolute atomic E-state index is 0.0338. The van der Waals surface area contributed by atoms with Crippen molar-refractivity contribution in [1.82, 2.24) is 14.3 Å². The maximum atomic E-state index is 12.6. The number of ether oxygens (including phenoxy) is 2. The summed E-state index contributed by atoms with van der Waals surface area (Å²) in [4.78, 5) is 4.27. The Morgan fingerprint density at radius 1 is 0.923 bits per heavy atom. The van der Waals surface area contributed by atoms with Crippen molar-refractivity contribution in [1.29, 1.82) is 0 Å². The highest BCUT2D eigenvalue weighted by Crippen LogP contribution is 2.39. The van der Waals surface area contributed by atoms with Gasteiger partial charge < -0.3 is 19.1 Å². The van der Waals surface area contributed by atoms with Crippen molar-refractivity contribution in [2.24, 2.45) is 0 Å². The van der Waals surface area contributed by atoms with E-state index in [0.29, 0.717) is 18.1 Å². The van der Waals surface area contributed by atoms with Gasteiger partial charge in [-0.2, -0.15) is 0 Å². The molecule has 39 heavy (non-hydrogen) atoms. The first-order valence-corrected chi connectivity index (χ1v) is 14.6. The van der Waals surface area contributed by atoms with Crippen LogP contribution in [-0.2, 0) is 39.2 Å². The van der Waals surface area contributed by atoms with E-state index < -0.39 is 16.3 Å².